The minimum absolute atomic E-state index is 0.174. The van der Waals surface area contributed by atoms with E-state index in [9.17, 15) is 0 Å². The van der Waals surface area contributed by atoms with Gasteiger partial charge < -0.3 is 5.11 Å². The normalized spacial score (nSPS) is 24.8. The third kappa shape index (κ3) is 1.88. The molecule has 1 heterocycles. The lowest BCUT2D eigenvalue weighted by molar-refractivity contribution is 0.261. The maximum atomic E-state index is 9.07. The second kappa shape index (κ2) is 4.58. The third-order valence-corrected chi connectivity index (χ3v) is 3.82. The monoisotopic (exact) mass is 222 g/mol. The maximum Gasteiger partial charge on any atom is 0.0644 e. The molecule has 3 heteroatoms. The minimum atomic E-state index is 0.174. The second-order valence-corrected chi connectivity index (χ2v) is 5.26. The molecule has 0 unspecified atom stereocenters. The highest BCUT2D eigenvalue weighted by molar-refractivity contribution is 5.29. The van der Waals surface area contributed by atoms with Gasteiger partial charge >= 0.3 is 0 Å². The Bertz CT molecular complexity index is 357. The molecule has 0 saturated carbocycles. The van der Waals surface area contributed by atoms with Gasteiger partial charge in [0.25, 0.3) is 0 Å². The van der Waals surface area contributed by atoms with Crippen molar-refractivity contribution >= 4 is 0 Å². The molecule has 0 bridgehead atoms. The summed E-state index contributed by atoms with van der Waals surface area (Å²) in [7, 11) is 0. The number of aliphatic hydroxyl groups excluding tert-OH is 1. The Kier molecular flexibility index (Phi) is 3.33. The van der Waals surface area contributed by atoms with Gasteiger partial charge in [0, 0.05) is 11.6 Å². The summed E-state index contributed by atoms with van der Waals surface area (Å²) in [5, 5.41) is 13.5. The molecule has 0 aromatic carbocycles. The van der Waals surface area contributed by atoms with Crippen molar-refractivity contribution < 1.29 is 5.11 Å². The molecule has 1 aliphatic rings. The van der Waals surface area contributed by atoms with Crippen LogP contribution in [0.25, 0.3) is 0 Å². The van der Waals surface area contributed by atoms with Crippen LogP contribution in [0.4, 0.5) is 0 Å². The predicted octanol–water partition coefficient (Wildman–Crippen LogP) is 2.51. The number of hydrogen-bond donors (Lipinski definition) is 1. The maximum absolute atomic E-state index is 9.07. The molecule has 0 fully saturated rings. The van der Waals surface area contributed by atoms with Crippen LogP contribution >= 0.6 is 0 Å². The van der Waals surface area contributed by atoms with Gasteiger partial charge in [-0.3, -0.25) is 4.68 Å². The zero-order valence-corrected chi connectivity index (χ0v) is 10.5. The van der Waals surface area contributed by atoms with Gasteiger partial charge in [-0.05, 0) is 30.2 Å². The van der Waals surface area contributed by atoms with Crippen LogP contribution in [0.3, 0.4) is 0 Å². The topological polar surface area (TPSA) is 38.0 Å². The average molecular weight is 222 g/mol. The van der Waals surface area contributed by atoms with E-state index in [-0.39, 0.29) is 6.61 Å². The number of hydrogen-bond acceptors (Lipinski definition) is 2. The van der Waals surface area contributed by atoms with Crippen LogP contribution in [0.1, 0.15) is 56.7 Å². The summed E-state index contributed by atoms with van der Waals surface area (Å²) in [5.74, 6) is 1.89. The largest absolute Gasteiger partial charge is 0.394 e. The Hall–Kier alpha value is -0.830. The molecule has 90 valence electrons. The molecule has 1 aromatic rings. The summed E-state index contributed by atoms with van der Waals surface area (Å²) in [6.45, 7) is 7.64. The molecule has 1 aliphatic carbocycles. The van der Waals surface area contributed by atoms with Crippen molar-refractivity contribution in [1.82, 2.24) is 9.78 Å². The lowest BCUT2D eigenvalue weighted by Crippen LogP contribution is -2.21. The molecular formula is C13H22N2O. The molecule has 16 heavy (non-hydrogen) atoms. The number of fused-ring (bicyclic) bond motifs is 1. The molecule has 2 atom stereocenters. The first-order valence-electron chi connectivity index (χ1n) is 6.31. The van der Waals surface area contributed by atoms with Gasteiger partial charge in [0.2, 0.25) is 0 Å². The molecule has 0 saturated heterocycles. The molecule has 0 aliphatic heterocycles. The van der Waals surface area contributed by atoms with E-state index in [4.69, 9.17) is 5.11 Å². The van der Waals surface area contributed by atoms with Crippen LogP contribution in [0.15, 0.2) is 6.20 Å². The quantitative estimate of drug-likeness (QED) is 0.853. The summed E-state index contributed by atoms with van der Waals surface area (Å²) >= 11 is 0. The summed E-state index contributed by atoms with van der Waals surface area (Å²) < 4.78 is 2.01. The Morgan fingerprint density at radius 2 is 2.25 bits per heavy atom. The fourth-order valence-electron chi connectivity index (χ4n) is 2.84. The molecule has 0 amide bonds. The van der Waals surface area contributed by atoms with Crippen LogP contribution in [0.2, 0.25) is 0 Å². The van der Waals surface area contributed by atoms with E-state index in [0.29, 0.717) is 24.3 Å². The van der Waals surface area contributed by atoms with Gasteiger partial charge in [0.05, 0.1) is 19.3 Å². The molecular weight excluding hydrogens is 200 g/mol. The van der Waals surface area contributed by atoms with Crippen LogP contribution in [0, 0.1) is 5.92 Å². The van der Waals surface area contributed by atoms with E-state index in [2.05, 4.69) is 25.9 Å². The molecule has 2 rings (SSSR count). The van der Waals surface area contributed by atoms with Crippen molar-refractivity contribution in [3.05, 3.63) is 17.5 Å². The number of aromatic nitrogens is 2. The van der Waals surface area contributed by atoms with E-state index in [1.807, 2.05) is 10.9 Å². The molecule has 0 radical (unpaired) electrons. The van der Waals surface area contributed by atoms with Crippen molar-refractivity contribution in [2.45, 2.75) is 52.0 Å². The molecule has 0 spiro atoms. The van der Waals surface area contributed by atoms with Crippen molar-refractivity contribution in [2.24, 2.45) is 5.92 Å². The van der Waals surface area contributed by atoms with Crippen LogP contribution in [-0.2, 0) is 6.54 Å². The first kappa shape index (κ1) is 11.6. The van der Waals surface area contributed by atoms with Crippen molar-refractivity contribution in [2.75, 3.05) is 6.61 Å². The van der Waals surface area contributed by atoms with E-state index < -0.39 is 0 Å². The van der Waals surface area contributed by atoms with E-state index >= 15 is 0 Å². The summed E-state index contributed by atoms with van der Waals surface area (Å²) in [6, 6.07) is 0. The fourth-order valence-corrected chi connectivity index (χ4v) is 2.84. The second-order valence-electron chi connectivity index (χ2n) is 5.26. The number of nitrogens with zero attached hydrogens (tertiary/aromatic N) is 2. The van der Waals surface area contributed by atoms with Gasteiger partial charge in [0.1, 0.15) is 0 Å². The zero-order valence-electron chi connectivity index (χ0n) is 10.5. The number of aliphatic hydroxyl groups is 1. The fraction of sp³-hybridized carbons (Fsp3) is 0.769. The lowest BCUT2D eigenvalue weighted by atomic mass is 9.76. The molecule has 1 aromatic heterocycles. The first-order valence-corrected chi connectivity index (χ1v) is 6.31. The molecule has 1 N–H and O–H groups in total. The summed E-state index contributed by atoms with van der Waals surface area (Å²) in [6.07, 6.45) is 4.52. The van der Waals surface area contributed by atoms with Gasteiger partial charge in [-0.15, -0.1) is 0 Å². The Balaban J connectivity index is 2.39. The van der Waals surface area contributed by atoms with E-state index in [1.165, 1.54) is 24.1 Å². The average Bonchev–Trinajstić information content (AvgIpc) is 2.64. The summed E-state index contributed by atoms with van der Waals surface area (Å²) in [5.41, 5.74) is 2.78. The first-order chi connectivity index (χ1) is 7.65. The van der Waals surface area contributed by atoms with E-state index in [1.54, 1.807) is 0 Å². The third-order valence-electron chi connectivity index (χ3n) is 3.82. The number of rotatable bonds is 3. The van der Waals surface area contributed by atoms with Crippen molar-refractivity contribution in [3.63, 3.8) is 0 Å². The van der Waals surface area contributed by atoms with Gasteiger partial charge in [-0.25, -0.2) is 0 Å². The predicted molar refractivity (Wildman–Crippen MR) is 64.5 cm³/mol. The Labute approximate surface area is 97.5 Å². The minimum Gasteiger partial charge on any atom is -0.394 e. The van der Waals surface area contributed by atoms with Gasteiger partial charge in [0.15, 0.2) is 0 Å². The van der Waals surface area contributed by atoms with Crippen molar-refractivity contribution in [3.8, 4) is 0 Å². The summed E-state index contributed by atoms with van der Waals surface area (Å²) in [4.78, 5) is 0. The smallest absolute Gasteiger partial charge is 0.0644 e. The Morgan fingerprint density at radius 1 is 1.50 bits per heavy atom. The van der Waals surface area contributed by atoms with Crippen LogP contribution in [0.5, 0.6) is 0 Å². The highest BCUT2D eigenvalue weighted by Crippen LogP contribution is 2.41. The Morgan fingerprint density at radius 3 is 2.88 bits per heavy atom. The van der Waals surface area contributed by atoms with Crippen LogP contribution in [-0.4, -0.2) is 21.5 Å². The SMILES string of the molecule is CC(C)[C@H]1CC[C@@H](C)c2cnn(CCO)c21. The van der Waals surface area contributed by atoms with Gasteiger partial charge in [-0.1, -0.05) is 20.8 Å². The zero-order chi connectivity index (χ0) is 11.7. The van der Waals surface area contributed by atoms with Crippen molar-refractivity contribution in [1.29, 1.82) is 0 Å². The van der Waals surface area contributed by atoms with Gasteiger partial charge in [-0.2, -0.15) is 5.10 Å². The van der Waals surface area contributed by atoms with Crippen LogP contribution < -0.4 is 0 Å². The highest BCUT2D eigenvalue weighted by atomic mass is 16.3. The van der Waals surface area contributed by atoms with E-state index in [0.717, 1.165) is 0 Å². The standard InChI is InChI=1S/C13H22N2O/c1-9(2)11-5-4-10(3)12-8-14-15(6-7-16)13(11)12/h8-11,16H,4-7H2,1-3H3/t10-,11-/m1/s1. The lowest BCUT2D eigenvalue weighted by Gasteiger charge is -2.30. The highest BCUT2D eigenvalue weighted by Gasteiger charge is 2.30. The molecule has 3 nitrogen and oxygen atoms in total.